The van der Waals surface area contributed by atoms with Gasteiger partial charge in [0.05, 0.1) is 0 Å². The van der Waals surface area contributed by atoms with Gasteiger partial charge in [0, 0.05) is 6.04 Å². The molecule has 0 radical (unpaired) electrons. The summed E-state index contributed by atoms with van der Waals surface area (Å²) < 4.78 is 0. The van der Waals surface area contributed by atoms with Crippen molar-refractivity contribution in [2.45, 2.75) is 84.6 Å². The molecule has 2 bridgehead atoms. The highest BCUT2D eigenvalue weighted by Gasteiger charge is 2.53. The summed E-state index contributed by atoms with van der Waals surface area (Å²) >= 11 is 0. The number of rotatable bonds is 7. The Bertz CT molecular complexity index is 391. The van der Waals surface area contributed by atoms with Gasteiger partial charge in [0.15, 0.2) is 0 Å². The van der Waals surface area contributed by atoms with Crippen molar-refractivity contribution in [3.05, 3.63) is 12.2 Å². The second-order valence-corrected chi connectivity index (χ2v) is 8.74. The van der Waals surface area contributed by atoms with Crippen LogP contribution in [0.5, 0.6) is 0 Å². The van der Waals surface area contributed by atoms with E-state index in [9.17, 15) is 0 Å². The summed E-state index contributed by atoms with van der Waals surface area (Å²) in [5.74, 6) is 5.81. The van der Waals surface area contributed by atoms with Crippen LogP contribution in [0.2, 0.25) is 0 Å². The zero-order chi connectivity index (χ0) is 16.4. The first-order valence-electron chi connectivity index (χ1n) is 10.6. The van der Waals surface area contributed by atoms with Crippen LogP contribution in [0, 0.1) is 35.5 Å². The molecular weight excluding hydrogens is 278 g/mol. The molecule has 3 rings (SSSR count). The van der Waals surface area contributed by atoms with Gasteiger partial charge in [0.2, 0.25) is 0 Å². The number of fused-ring (bicyclic) bond motifs is 2. The van der Waals surface area contributed by atoms with E-state index >= 15 is 0 Å². The van der Waals surface area contributed by atoms with Crippen LogP contribution >= 0.6 is 0 Å². The van der Waals surface area contributed by atoms with E-state index in [-0.39, 0.29) is 0 Å². The van der Waals surface area contributed by atoms with Crippen LogP contribution in [-0.4, -0.2) is 12.6 Å². The highest BCUT2D eigenvalue weighted by Crippen LogP contribution is 2.61. The minimum atomic E-state index is 0.727. The van der Waals surface area contributed by atoms with Crippen LogP contribution < -0.4 is 5.32 Å². The molecule has 6 atom stereocenters. The molecule has 3 aliphatic rings. The number of piperidine rings is 1. The minimum absolute atomic E-state index is 0.727. The topological polar surface area (TPSA) is 12.0 Å². The van der Waals surface area contributed by atoms with Gasteiger partial charge in [0.1, 0.15) is 0 Å². The molecule has 3 fully saturated rings. The molecule has 0 aromatic carbocycles. The molecule has 0 aromatic rings. The third-order valence-electron chi connectivity index (χ3n) is 7.75. The van der Waals surface area contributed by atoms with E-state index in [4.69, 9.17) is 0 Å². The molecule has 1 aliphatic heterocycles. The van der Waals surface area contributed by atoms with Gasteiger partial charge in [-0.25, -0.2) is 0 Å². The first-order chi connectivity index (χ1) is 11.2. The second kappa shape index (κ2) is 7.72. The van der Waals surface area contributed by atoms with Gasteiger partial charge in [-0.05, 0) is 74.2 Å². The molecule has 0 spiro atoms. The van der Waals surface area contributed by atoms with E-state index in [1.54, 1.807) is 5.57 Å². The largest absolute Gasteiger partial charge is 0.314 e. The quantitative estimate of drug-likeness (QED) is 0.584. The van der Waals surface area contributed by atoms with E-state index < -0.39 is 0 Å². The highest BCUT2D eigenvalue weighted by molar-refractivity contribution is 5.14. The Morgan fingerprint density at radius 2 is 1.91 bits per heavy atom. The van der Waals surface area contributed by atoms with Gasteiger partial charge < -0.3 is 5.32 Å². The van der Waals surface area contributed by atoms with Crippen LogP contribution in [0.25, 0.3) is 0 Å². The smallest absolute Gasteiger partial charge is 0.0104 e. The molecule has 1 heterocycles. The fourth-order valence-electron chi connectivity index (χ4n) is 6.71. The summed E-state index contributed by atoms with van der Waals surface area (Å²) in [7, 11) is 0. The van der Waals surface area contributed by atoms with Crippen molar-refractivity contribution in [2.75, 3.05) is 6.54 Å². The zero-order valence-electron chi connectivity index (χ0n) is 15.8. The molecular formula is C22H39N. The standard InChI is InChI=1S/C22H39N/c1-5-16(6-2)22-17-13-20(21(14-17)19(22)7-3)15(4)12-18-10-8-9-11-23-18/h16-23H,4-14H2,1-3H3. The Kier molecular flexibility index (Phi) is 5.88. The lowest BCUT2D eigenvalue weighted by molar-refractivity contribution is 0.110. The maximum atomic E-state index is 4.59. The third-order valence-corrected chi connectivity index (χ3v) is 7.75. The average molecular weight is 318 g/mol. The van der Waals surface area contributed by atoms with E-state index in [2.05, 4.69) is 32.7 Å². The fourth-order valence-corrected chi connectivity index (χ4v) is 6.71. The molecule has 1 nitrogen and oxygen atoms in total. The van der Waals surface area contributed by atoms with E-state index in [0.717, 1.165) is 41.5 Å². The summed E-state index contributed by atoms with van der Waals surface area (Å²) in [6.07, 6.45) is 12.6. The molecule has 1 heteroatoms. The Morgan fingerprint density at radius 1 is 1.13 bits per heavy atom. The molecule has 6 unspecified atom stereocenters. The molecule has 0 aromatic heterocycles. The summed E-state index contributed by atoms with van der Waals surface area (Å²) in [5, 5.41) is 3.73. The fraction of sp³-hybridized carbons (Fsp3) is 0.909. The van der Waals surface area contributed by atoms with Crippen molar-refractivity contribution in [3.63, 3.8) is 0 Å². The maximum absolute atomic E-state index is 4.59. The predicted molar refractivity (Wildman–Crippen MR) is 100 cm³/mol. The molecule has 2 aliphatic carbocycles. The van der Waals surface area contributed by atoms with Gasteiger partial charge in [-0.3, -0.25) is 0 Å². The molecule has 132 valence electrons. The van der Waals surface area contributed by atoms with Gasteiger partial charge in [0.25, 0.3) is 0 Å². The SMILES string of the molecule is C=C(CC1CCCCN1)C1CC2CC1C(CC)C2C(CC)CC. The first-order valence-corrected chi connectivity index (χ1v) is 10.6. The molecule has 0 amide bonds. The van der Waals surface area contributed by atoms with Crippen molar-refractivity contribution in [3.8, 4) is 0 Å². The summed E-state index contributed by atoms with van der Waals surface area (Å²) in [6.45, 7) is 13.1. The maximum Gasteiger partial charge on any atom is 0.0104 e. The lowest BCUT2D eigenvalue weighted by atomic mass is 9.65. The minimum Gasteiger partial charge on any atom is -0.314 e. The van der Waals surface area contributed by atoms with Crippen LogP contribution in [0.3, 0.4) is 0 Å². The van der Waals surface area contributed by atoms with E-state index in [0.29, 0.717) is 0 Å². The number of nitrogens with one attached hydrogen (secondary N) is 1. The van der Waals surface area contributed by atoms with Crippen molar-refractivity contribution in [2.24, 2.45) is 35.5 Å². The normalized spacial score (nSPS) is 40.0. The molecule has 1 saturated heterocycles. The van der Waals surface area contributed by atoms with Gasteiger partial charge in [-0.1, -0.05) is 58.6 Å². The highest BCUT2D eigenvalue weighted by atomic mass is 14.9. The van der Waals surface area contributed by atoms with Gasteiger partial charge >= 0.3 is 0 Å². The second-order valence-electron chi connectivity index (χ2n) is 8.74. The van der Waals surface area contributed by atoms with Crippen molar-refractivity contribution >= 4 is 0 Å². The predicted octanol–water partition coefficient (Wildman–Crippen LogP) is 5.81. The van der Waals surface area contributed by atoms with Crippen LogP contribution in [0.15, 0.2) is 12.2 Å². The van der Waals surface area contributed by atoms with Crippen LogP contribution in [0.1, 0.15) is 78.6 Å². The zero-order valence-corrected chi connectivity index (χ0v) is 15.8. The summed E-state index contributed by atoms with van der Waals surface area (Å²) in [5.41, 5.74) is 1.60. The van der Waals surface area contributed by atoms with Crippen molar-refractivity contribution in [1.29, 1.82) is 0 Å². The third kappa shape index (κ3) is 3.41. The Morgan fingerprint density at radius 3 is 2.52 bits per heavy atom. The van der Waals surface area contributed by atoms with Gasteiger partial charge in [-0.15, -0.1) is 0 Å². The van der Waals surface area contributed by atoms with Crippen molar-refractivity contribution < 1.29 is 0 Å². The first kappa shape index (κ1) is 17.5. The summed E-state index contributed by atoms with van der Waals surface area (Å²) in [4.78, 5) is 0. The lowest BCUT2D eigenvalue weighted by Gasteiger charge is -2.40. The van der Waals surface area contributed by atoms with Crippen LogP contribution in [-0.2, 0) is 0 Å². The number of hydrogen-bond donors (Lipinski definition) is 1. The molecule has 23 heavy (non-hydrogen) atoms. The summed E-state index contributed by atoms with van der Waals surface area (Å²) in [6, 6.07) is 0.727. The van der Waals surface area contributed by atoms with Crippen molar-refractivity contribution in [1.82, 2.24) is 5.32 Å². The number of hydrogen-bond acceptors (Lipinski definition) is 1. The van der Waals surface area contributed by atoms with E-state index in [1.807, 2.05) is 0 Å². The van der Waals surface area contributed by atoms with Crippen LogP contribution in [0.4, 0.5) is 0 Å². The average Bonchev–Trinajstić information content (AvgIpc) is 3.15. The lowest BCUT2D eigenvalue weighted by Crippen LogP contribution is -2.37. The van der Waals surface area contributed by atoms with Gasteiger partial charge in [-0.2, -0.15) is 0 Å². The molecule has 2 saturated carbocycles. The molecule has 1 N–H and O–H groups in total. The Balaban J connectivity index is 1.63. The Hall–Kier alpha value is -0.300. The monoisotopic (exact) mass is 317 g/mol. The Labute approximate surface area is 144 Å². The van der Waals surface area contributed by atoms with E-state index in [1.165, 1.54) is 64.3 Å².